The van der Waals surface area contributed by atoms with Crippen molar-refractivity contribution in [2.45, 2.75) is 50.7 Å². The van der Waals surface area contributed by atoms with Gasteiger partial charge in [0.25, 0.3) is 0 Å². The number of hydrogen-bond acceptors (Lipinski definition) is 3. The first-order valence-electron chi connectivity index (χ1n) is 10.1. The predicted octanol–water partition coefficient (Wildman–Crippen LogP) is 2.98. The number of rotatable bonds is 6. The molecule has 0 atom stereocenters. The van der Waals surface area contributed by atoms with Gasteiger partial charge in [0.05, 0.1) is 0 Å². The zero-order chi connectivity index (χ0) is 18.2. The highest BCUT2D eigenvalue weighted by atomic mass is 16.5. The fourth-order valence-corrected chi connectivity index (χ4v) is 4.08. The van der Waals surface area contributed by atoms with Gasteiger partial charge in [0, 0.05) is 52.1 Å². The molecule has 0 radical (unpaired) electrons. The van der Waals surface area contributed by atoms with Crippen molar-refractivity contribution in [3.05, 3.63) is 30.3 Å². The van der Waals surface area contributed by atoms with Gasteiger partial charge < -0.3 is 19.9 Å². The molecule has 1 aromatic rings. The van der Waals surface area contributed by atoms with E-state index in [1.54, 1.807) is 0 Å². The SMILES string of the molecule is CN=C(NCCN(C)C1CCCC1)N1CCC(Oc2ccccc2)CC1. The van der Waals surface area contributed by atoms with Gasteiger partial charge in [0.1, 0.15) is 11.9 Å². The molecule has 1 heterocycles. The van der Waals surface area contributed by atoms with Crippen molar-refractivity contribution >= 4 is 5.96 Å². The van der Waals surface area contributed by atoms with Crippen LogP contribution in [-0.4, -0.2) is 68.2 Å². The molecule has 2 fully saturated rings. The number of piperidine rings is 1. The van der Waals surface area contributed by atoms with Gasteiger partial charge >= 0.3 is 0 Å². The third-order valence-electron chi connectivity index (χ3n) is 5.69. The molecule has 0 aromatic heterocycles. The molecule has 5 heteroatoms. The normalized spacial score (nSPS) is 20.0. The minimum atomic E-state index is 0.306. The maximum Gasteiger partial charge on any atom is 0.193 e. The third kappa shape index (κ3) is 5.37. The Hall–Kier alpha value is -1.75. The lowest BCUT2D eigenvalue weighted by Gasteiger charge is -2.34. The van der Waals surface area contributed by atoms with Crippen molar-refractivity contribution in [2.75, 3.05) is 40.3 Å². The summed E-state index contributed by atoms with van der Waals surface area (Å²) in [5.74, 6) is 2.01. The molecular weight excluding hydrogens is 324 g/mol. The Morgan fingerprint density at radius 2 is 1.85 bits per heavy atom. The quantitative estimate of drug-likeness (QED) is 0.627. The standard InChI is InChI=1S/C21H34N4O/c1-22-21(23-14-17-24(2)18-8-6-7-9-18)25-15-12-20(13-16-25)26-19-10-4-3-5-11-19/h3-5,10-11,18,20H,6-9,12-17H2,1-2H3,(H,22,23). The van der Waals surface area contributed by atoms with Crippen molar-refractivity contribution in [3.63, 3.8) is 0 Å². The predicted molar refractivity (Wildman–Crippen MR) is 108 cm³/mol. The number of nitrogens with zero attached hydrogens (tertiary/aromatic N) is 3. The van der Waals surface area contributed by atoms with Crippen LogP contribution in [-0.2, 0) is 0 Å². The first-order chi connectivity index (χ1) is 12.8. The summed E-state index contributed by atoms with van der Waals surface area (Å²) in [6.07, 6.45) is 7.89. The number of hydrogen-bond donors (Lipinski definition) is 1. The van der Waals surface area contributed by atoms with Crippen molar-refractivity contribution in [1.82, 2.24) is 15.1 Å². The van der Waals surface area contributed by atoms with E-state index in [-0.39, 0.29) is 0 Å². The molecule has 1 aromatic carbocycles. The van der Waals surface area contributed by atoms with Crippen LogP contribution in [0.1, 0.15) is 38.5 Å². The number of aliphatic imine (C=N–C) groups is 1. The molecule has 0 bridgehead atoms. The smallest absolute Gasteiger partial charge is 0.193 e. The second kappa shape index (κ2) is 9.81. The Labute approximate surface area is 158 Å². The lowest BCUT2D eigenvalue weighted by molar-refractivity contribution is 0.129. The van der Waals surface area contributed by atoms with Crippen LogP contribution in [0.5, 0.6) is 5.75 Å². The highest BCUT2D eigenvalue weighted by molar-refractivity contribution is 5.79. The van der Waals surface area contributed by atoms with Crippen LogP contribution in [0.4, 0.5) is 0 Å². The van der Waals surface area contributed by atoms with E-state index in [0.29, 0.717) is 6.10 Å². The molecule has 0 unspecified atom stereocenters. The fourth-order valence-electron chi connectivity index (χ4n) is 4.08. The number of nitrogens with one attached hydrogen (secondary N) is 1. The lowest BCUT2D eigenvalue weighted by Crippen LogP contribution is -2.49. The Bertz CT molecular complexity index is 548. The van der Waals surface area contributed by atoms with Crippen LogP contribution in [0.25, 0.3) is 0 Å². The Kier molecular flexibility index (Phi) is 7.18. The molecule has 1 aliphatic carbocycles. The van der Waals surface area contributed by atoms with Gasteiger partial charge in [0.15, 0.2) is 5.96 Å². The summed E-state index contributed by atoms with van der Waals surface area (Å²) >= 11 is 0. The molecule has 144 valence electrons. The van der Waals surface area contributed by atoms with Crippen LogP contribution in [0.2, 0.25) is 0 Å². The zero-order valence-electron chi connectivity index (χ0n) is 16.4. The summed E-state index contributed by atoms with van der Waals surface area (Å²) in [5.41, 5.74) is 0. The van der Waals surface area contributed by atoms with E-state index >= 15 is 0 Å². The Balaban J connectivity index is 1.38. The molecule has 0 amide bonds. The molecule has 1 N–H and O–H groups in total. The second-order valence-corrected chi connectivity index (χ2v) is 7.51. The van der Waals surface area contributed by atoms with Gasteiger partial charge in [-0.3, -0.25) is 4.99 Å². The van der Waals surface area contributed by atoms with Gasteiger partial charge in [0.2, 0.25) is 0 Å². The van der Waals surface area contributed by atoms with Crippen molar-refractivity contribution in [2.24, 2.45) is 4.99 Å². The summed E-state index contributed by atoms with van der Waals surface area (Å²) in [6.45, 7) is 4.03. The molecule has 26 heavy (non-hydrogen) atoms. The van der Waals surface area contributed by atoms with Crippen LogP contribution < -0.4 is 10.1 Å². The average Bonchev–Trinajstić information content (AvgIpc) is 3.22. The van der Waals surface area contributed by atoms with Crippen molar-refractivity contribution in [3.8, 4) is 5.75 Å². The molecule has 3 rings (SSSR count). The van der Waals surface area contributed by atoms with Gasteiger partial charge in [-0.25, -0.2) is 0 Å². The molecular formula is C21H34N4O. The van der Waals surface area contributed by atoms with Crippen LogP contribution >= 0.6 is 0 Å². The minimum absolute atomic E-state index is 0.306. The summed E-state index contributed by atoms with van der Waals surface area (Å²) in [5, 5.41) is 3.55. The maximum atomic E-state index is 6.09. The fraction of sp³-hybridized carbons (Fsp3) is 0.667. The van der Waals surface area contributed by atoms with Crippen LogP contribution in [0.3, 0.4) is 0 Å². The summed E-state index contributed by atoms with van der Waals surface area (Å²) in [7, 11) is 4.14. The second-order valence-electron chi connectivity index (χ2n) is 7.51. The van der Waals surface area contributed by atoms with Gasteiger partial charge in [-0.05, 0) is 32.0 Å². The number of para-hydroxylation sites is 1. The summed E-state index contributed by atoms with van der Waals surface area (Å²) < 4.78 is 6.09. The van der Waals surface area contributed by atoms with Crippen molar-refractivity contribution < 1.29 is 4.74 Å². The Morgan fingerprint density at radius 1 is 1.15 bits per heavy atom. The van der Waals surface area contributed by atoms with E-state index in [1.807, 2.05) is 37.4 Å². The summed E-state index contributed by atoms with van der Waals surface area (Å²) in [6, 6.07) is 10.9. The van der Waals surface area contributed by atoms with E-state index in [2.05, 4.69) is 27.2 Å². The van der Waals surface area contributed by atoms with Crippen LogP contribution in [0.15, 0.2) is 35.3 Å². The first kappa shape index (κ1) is 19.0. The van der Waals surface area contributed by atoms with Gasteiger partial charge in [-0.1, -0.05) is 31.0 Å². The first-order valence-corrected chi connectivity index (χ1v) is 10.1. The van der Waals surface area contributed by atoms with E-state index in [9.17, 15) is 0 Å². The van der Waals surface area contributed by atoms with Crippen molar-refractivity contribution in [1.29, 1.82) is 0 Å². The topological polar surface area (TPSA) is 40.1 Å². The van der Waals surface area contributed by atoms with E-state index in [1.165, 1.54) is 25.7 Å². The molecule has 1 saturated heterocycles. The zero-order valence-corrected chi connectivity index (χ0v) is 16.4. The van der Waals surface area contributed by atoms with Crippen LogP contribution in [0, 0.1) is 0 Å². The molecule has 1 saturated carbocycles. The number of likely N-dealkylation sites (N-methyl/N-ethyl adjacent to an activating group) is 1. The highest BCUT2D eigenvalue weighted by Crippen LogP contribution is 2.22. The maximum absolute atomic E-state index is 6.09. The average molecular weight is 359 g/mol. The number of likely N-dealkylation sites (tertiary alicyclic amines) is 1. The number of benzene rings is 1. The molecule has 1 aliphatic heterocycles. The number of guanidine groups is 1. The van der Waals surface area contributed by atoms with E-state index < -0.39 is 0 Å². The number of ether oxygens (including phenoxy) is 1. The third-order valence-corrected chi connectivity index (χ3v) is 5.69. The van der Waals surface area contributed by atoms with Gasteiger partial charge in [-0.2, -0.15) is 0 Å². The lowest BCUT2D eigenvalue weighted by atomic mass is 10.1. The molecule has 2 aliphatic rings. The molecule has 0 spiro atoms. The largest absolute Gasteiger partial charge is 0.490 e. The van der Waals surface area contributed by atoms with E-state index in [4.69, 9.17) is 4.74 Å². The highest BCUT2D eigenvalue weighted by Gasteiger charge is 2.23. The molecule has 5 nitrogen and oxygen atoms in total. The van der Waals surface area contributed by atoms with Gasteiger partial charge in [-0.15, -0.1) is 0 Å². The van der Waals surface area contributed by atoms with E-state index in [0.717, 1.165) is 56.8 Å². The monoisotopic (exact) mass is 358 g/mol. The minimum Gasteiger partial charge on any atom is -0.490 e. The summed E-state index contributed by atoms with van der Waals surface area (Å²) in [4.78, 5) is 9.36. The Morgan fingerprint density at radius 3 is 2.50 bits per heavy atom.